The summed E-state index contributed by atoms with van der Waals surface area (Å²) in [7, 11) is 0. The van der Waals surface area contributed by atoms with E-state index >= 15 is 0 Å². The first-order valence-electron chi connectivity index (χ1n) is 3.56. The van der Waals surface area contributed by atoms with E-state index in [0.29, 0.717) is 0 Å². The largest absolute Gasteiger partial charge is 0.475 e. The summed E-state index contributed by atoms with van der Waals surface area (Å²) in [5.41, 5.74) is 13.0. The molecule has 0 amide bonds. The van der Waals surface area contributed by atoms with Crippen LogP contribution in [0.25, 0.3) is 0 Å². The van der Waals surface area contributed by atoms with Crippen molar-refractivity contribution in [2.75, 3.05) is 5.73 Å². The molecule has 0 saturated heterocycles. The highest BCUT2D eigenvalue weighted by Gasteiger charge is 2.18. The maximum Gasteiger partial charge on any atom is 0.151 e. The van der Waals surface area contributed by atoms with E-state index in [9.17, 15) is 0 Å². The van der Waals surface area contributed by atoms with E-state index in [0.717, 1.165) is 23.4 Å². The molecule has 1 aliphatic heterocycles. The second-order valence-corrected chi connectivity index (χ2v) is 2.73. The molecule has 1 aromatic carbocycles. The van der Waals surface area contributed by atoms with Crippen LogP contribution in [0, 0.1) is 0 Å². The Kier molecular flexibility index (Phi) is 1.26. The standard InChI is InChI=1S/C8H10N2O/c9-6-1-2-7-5(3-6)4-8(10)11-7/h1-3,8H,4,9-10H2. The number of anilines is 1. The Morgan fingerprint density at radius 1 is 1.45 bits per heavy atom. The third-order valence-corrected chi connectivity index (χ3v) is 1.78. The van der Waals surface area contributed by atoms with Crippen molar-refractivity contribution < 1.29 is 4.74 Å². The normalized spacial score (nSPS) is 21.0. The van der Waals surface area contributed by atoms with E-state index < -0.39 is 0 Å². The van der Waals surface area contributed by atoms with Gasteiger partial charge in [-0.25, -0.2) is 0 Å². The average molecular weight is 150 g/mol. The van der Waals surface area contributed by atoms with Crippen LogP contribution < -0.4 is 16.2 Å². The monoisotopic (exact) mass is 150 g/mol. The molecule has 0 radical (unpaired) electrons. The van der Waals surface area contributed by atoms with E-state index in [2.05, 4.69) is 0 Å². The summed E-state index contributed by atoms with van der Waals surface area (Å²) in [6.45, 7) is 0. The minimum atomic E-state index is -0.188. The molecule has 3 nitrogen and oxygen atoms in total. The molecule has 58 valence electrons. The zero-order chi connectivity index (χ0) is 7.84. The first-order chi connectivity index (χ1) is 5.25. The predicted octanol–water partition coefficient (Wildman–Crippen LogP) is 0.489. The fraction of sp³-hybridized carbons (Fsp3) is 0.250. The van der Waals surface area contributed by atoms with Gasteiger partial charge in [0.05, 0.1) is 0 Å². The number of ether oxygens (including phenoxy) is 1. The predicted molar refractivity (Wildman–Crippen MR) is 43.2 cm³/mol. The van der Waals surface area contributed by atoms with Gasteiger partial charge in [0.2, 0.25) is 0 Å². The van der Waals surface area contributed by atoms with Gasteiger partial charge >= 0.3 is 0 Å². The van der Waals surface area contributed by atoms with Crippen molar-refractivity contribution in [1.82, 2.24) is 0 Å². The highest BCUT2D eigenvalue weighted by molar-refractivity contribution is 5.49. The van der Waals surface area contributed by atoms with Crippen LogP contribution in [0.15, 0.2) is 18.2 Å². The van der Waals surface area contributed by atoms with Gasteiger partial charge in [-0.3, -0.25) is 5.73 Å². The number of rotatable bonds is 0. The van der Waals surface area contributed by atoms with Gasteiger partial charge in [0.15, 0.2) is 6.23 Å². The van der Waals surface area contributed by atoms with Crippen molar-refractivity contribution in [3.8, 4) is 5.75 Å². The van der Waals surface area contributed by atoms with Crippen molar-refractivity contribution >= 4 is 5.69 Å². The molecular formula is C8H10N2O. The molecule has 11 heavy (non-hydrogen) atoms. The maximum absolute atomic E-state index is 5.58. The molecular weight excluding hydrogens is 140 g/mol. The van der Waals surface area contributed by atoms with Crippen LogP contribution >= 0.6 is 0 Å². The summed E-state index contributed by atoms with van der Waals surface area (Å²) >= 11 is 0. The van der Waals surface area contributed by atoms with Crippen molar-refractivity contribution in [2.24, 2.45) is 5.73 Å². The number of benzene rings is 1. The number of hydrogen-bond donors (Lipinski definition) is 2. The molecule has 1 heterocycles. The summed E-state index contributed by atoms with van der Waals surface area (Å²) < 4.78 is 5.28. The Hall–Kier alpha value is -1.22. The summed E-state index contributed by atoms with van der Waals surface area (Å²) in [6, 6.07) is 5.58. The topological polar surface area (TPSA) is 61.3 Å². The van der Waals surface area contributed by atoms with Gasteiger partial charge < -0.3 is 10.5 Å². The smallest absolute Gasteiger partial charge is 0.151 e. The van der Waals surface area contributed by atoms with E-state index in [1.54, 1.807) is 0 Å². The van der Waals surface area contributed by atoms with Crippen LogP contribution in [0.3, 0.4) is 0 Å². The molecule has 0 saturated carbocycles. The summed E-state index contributed by atoms with van der Waals surface area (Å²) in [6.07, 6.45) is 0.576. The van der Waals surface area contributed by atoms with Crippen LogP contribution in [0.4, 0.5) is 5.69 Å². The van der Waals surface area contributed by atoms with Gasteiger partial charge in [0.1, 0.15) is 5.75 Å². The van der Waals surface area contributed by atoms with Crippen LogP contribution in [0.5, 0.6) is 5.75 Å². The fourth-order valence-electron chi connectivity index (χ4n) is 1.30. The van der Waals surface area contributed by atoms with Gasteiger partial charge in [-0.2, -0.15) is 0 Å². The van der Waals surface area contributed by atoms with Crippen molar-refractivity contribution in [3.05, 3.63) is 23.8 Å². The first-order valence-corrected chi connectivity index (χ1v) is 3.56. The van der Waals surface area contributed by atoms with Crippen LogP contribution in [-0.2, 0) is 6.42 Å². The number of hydrogen-bond acceptors (Lipinski definition) is 3. The Labute approximate surface area is 64.9 Å². The Morgan fingerprint density at radius 2 is 2.27 bits per heavy atom. The molecule has 1 atom stereocenters. The molecule has 0 spiro atoms. The lowest BCUT2D eigenvalue weighted by molar-refractivity contribution is 0.241. The molecule has 0 aromatic heterocycles. The Bertz CT molecular complexity index is 285. The lowest BCUT2D eigenvalue weighted by Gasteiger charge is -2.01. The van der Waals surface area contributed by atoms with Gasteiger partial charge in [-0.05, 0) is 18.2 Å². The lowest BCUT2D eigenvalue weighted by atomic mass is 10.1. The second-order valence-electron chi connectivity index (χ2n) is 2.73. The maximum atomic E-state index is 5.58. The summed E-state index contributed by atoms with van der Waals surface area (Å²) in [4.78, 5) is 0. The molecule has 4 N–H and O–H groups in total. The third-order valence-electron chi connectivity index (χ3n) is 1.78. The highest BCUT2D eigenvalue weighted by atomic mass is 16.5. The molecule has 1 aromatic rings. The molecule has 2 rings (SSSR count). The molecule has 3 heteroatoms. The highest BCUT2D eigenvalue weighted by Crippen LogP contribution is 2.28. The molecule has 0 bridgehead atoms. The van der Waals surface area contributed by atoms with E-state index in [1.807, 2.05) is 18.2 Å². The molecule has 1 unspecified atom stereocenters. The average Bonchev–Trinajstić information content (AvgIpc) is 2.27. The van der Waals surface area contributed by atoms with Crippen LogP contribution in [0.2, 0.25) is 0 Å². The van der Waals surface area contributed by atoms with E-state index in [4.69, 9.17) is 16.2 Å². The Balaban J connectivity index is 2.43. The lowest BCUT2D eigenvalue weighted by Crippen LogP contribution is -2.23. The van der Waals surface area contributed by atoms with Gasteiger partial charge in [-0.15, -0.1) is 0 Å². The SMILES string of the molecule is Nc1ccc2c(c1)CC(N)O2. The third kappa shape index (κ3) is 1.03. The van der Waals surface area contributed by atoms with Crippen molar-refractivity contribution in [3.63, 3.8) is 0 Å². The zero-order valence-corrected chi connectivity index (χ0v) is 6.08. The van der Waals surface area contributed by atoms with Crippen LogP contribution in [-0.4, -0.2) is 6.23 Å². The molecule has 0 fully saturated rings. The van der Waals surface area contributed by atoms with Crippen molar-refractivity contribution in [1.29, 1.82) is 0 Å². The summed E-state index contributed by atoms with van der Waals surface area (Å²) in [5, 5.41) is 0. The molecule has 1 aliphatic rings. The first kappa shape index (κ1) is 6.49. The number of nitrogens with two attached hydrogens (primary N) is 2. The van der Waals surface area contributed by atoms with Gasteiger partial charge in [0.25, 0.3) is 0 Å². The fourth-order valence-corrected chi connectivity index (χ4v) is 1.30. The van der Waals surface area contributed by atoms with Gasteiger partial charge in [0, 0.05) is 17.7 Å². The quantitative estimate of drug-likeness (QED) is 0.529. The van der Waals surface area contributed by atoms with E-state index in [1.165, 1.54) is 0 Å². The molecule has 0 aliphatic carbocycles. The van der Waals surface area contributed by atoms with Gasteiger partial charge in [-0.1, -0.05) is 0 Å². The second kappa shape index (κ2) is 2.13. The zero-order valence-electron chi connectivity index (χ0n) is 6.08. The van der Waals surface area contributed by atoms with E-state index in [-0.39, 0.29) is 6.23 Å². The Morgan fingerprint density at radius 3 is 3.09 bits per heavy atom. The number of nitrogen functional groups attached to an aromatic ring is 1. The summed E-state index contributed by atoms with van der Waals surface area (Å²) in [5.74, 6) is 0.867. The van der Waals surface area contributed by atoms with Crippen LogP contribution in [0.1, 0.15) is 5.56 Å². The number of fused-ring (bicyclic) bond motifs is 1. The minimum absolute atomic E-state index is 0.188. The minimum Gasteiger partial charge on any atom is -0.475 e. The van der Waals surface area contributed by atoms with Crippen molar-refractivity contribution in [2.45, 2.75) is 12.6 Å².